The molecule has 0 amide bonds. The predicted octanol–water partition coefficient (Wildman–Crippen LogP) is 4.24. The highest BCUT2D eigenvalue weighted by Gasteiger charge is 2.12. The van der Waals surface area contributed by atoms with Gasteiger partial charge in [0.2, 0.25) is 5.88 Å². The van der Waals surface area contributed by atoms with Crippen molar-refractivity contribution in [2.45, 2.75) is 13.8 Å². The molecule has 0 radical (unpaired) electrons. The third-order valence-corrected chi connectivity index (χ3v) is 3.52. The van der Waals surface area contributed by atoms with E-state index < -0.39 is 0 Å². The molecule has 0 aliphatic rings. The zero-order valence-corrected chi connectivity index (χ0v) is 15.3. The van der Waals surface area contributed by atoms with Crippen LogP contribution in [0.1, 0.15) is 13.8 Å². The summed E-state index contributed by atoms with van der Waals surface area (Å²) in [5.74, 6) is 1.63. The minimum Gasteiger partial charge on any atom is -0.493 e. The number of fused-ring (bicyclic) bond motifs is 1. The summed E-state index contributed by atoms with van der Waals surface area (Å²) in [6.07, 6.45) is 1.70. The number of nitrogens with zero attached hydrogens (tertiary/aromatic N) is 3. The van der Waals surface area contributed by atoms with Gasteiger partial charge in [-0.05, 0) is 36.4 Å². The van der Waals surface area contributed by atoms with Crippen LogP contribution in [0.4, 0.5) is 0 Å². The highest BCUT2D eigenvalue weighted by molar-refractivity contribution is 5.87. The average Bonchev–Trinajstić information content (AvgIpc) is 2.72. The van der Waals surface area contributed by atoms with Crippen molar-refractivity contribution < 1.29 is 14.2 Å². The molecule has 0 saturated heterocycles. The van der Waals surface area contributed by atoms with Gasteiger partial charge in [-0.1, -0.05) is 13.8 Å². The first kappa shape index (κ1) is 19.0. The lowest BCUT2D eigenvalue weighted by atomic mass is 10.1. The molecule has 0 bridgehead atoms. The molecule has 1 aromatic carbocycles. The molecule has 6 nitrogen and oxygen atoms in total. The summed E-state index contributed by atoms with van der Waals surface area (Å²) < 4.78 is 16.1. The fraction of sp³-hybridized carbons (Fsp3) is 0.250. The van der Waals surface area contributed by atoms with Crippen LogP contribution in [0, 0.1) is 11.3 Å². The zero-order valence-electron chi connectivity index (χ0n) is 15.3. The van der Waals surface area contributed by atoms with Crippen LogP contribution in [0.25, 0.3) is 22.2 Å². The van der Waals surface area contributed by atoms with Crippen LogP contribution in [0.15, 0.2) is 42.6 Å². The van der Waals surface area contributed by atoms with E-state index >= 15 is 0 Å². The van der Waals surface area contributed by atoms with Gasteiger partial charge >= 0.3 is 0 Å². The number of nitriles is 1. The summed E-state index contributed by atoms with van der Waals surface area (Å²) in [6, 6.07) is 13.0. The summed E-state index contributed by atoms with van der Waals surface area (Å²) in [7, 11) is 3.17. The first-order chi connectivity index (χ1) is 12.8. The molecule has 2 aromatic heterocycles. The van der Waals surface area contributed by atoms with E-state index in [4.69, 9.17) is 19.5 Å². The number of ether oxygens (including phenoxy) is 3. The van der Waals surface area contributed by atoms with Gasteiger partial charge in [-0.2, -0.15) is 5.26 Å². The first-order valence-corrected chi connectivity index (χ1v) is 8.24. The minimum absolute atomic E-state index is 0.0770. The van der Waals surface area contributed by atoms with E-state index in [-0.39, 0.29) is 6.61 Å². The Hall–Kier alpha value is -3.33. The van der Waals surface area contributed by atoms with Crippen molar-refractivity contribution in [3.8, 4) is 34.7 Å². The molecular formula is C20H21N3O3. The van der Waals surface area contributed by atoms with Crippen molar-refractivity contribution in [3.05, 3.63) is 42.6 Å². The monoisotopic (exact) mass is 351 g/mol. The number of hydrogen-bond donors (Lipinski definition) is 0. The second-order valence-corrected chi connectivity index (χ2v) is 4.90. The van der Waals surface area contributed by atoms with Crippen molar-refractivity contribution in [2.24, 2.45) is 0 Å². The molecule has 3 aromatic rings. The van der Waals surface area contributed by atoms with E-state index in [1.165, 1.54) is 0 Å². The lowest BCUT2D eigenvalue weighted by molar-refractivity contribution is 0.355. The van der Waals surface area contributed by atoms with Crippen LogP contribution in [-0.4, -0.2) is 30.8 Å². The second-order valence-electron chi connectivity index (χ2n) is 4.90. The third-order valence-electron chi connectivity index (χ3n) is 3.52. The number of pyridine rings is 2. The quantitative estimate of drug-likeness (QED) is 0.684. The molecule has 0 saturated carbocycles. The van der Waals surface area contributed by atoms with Crippen LogP contribution in [0.2, 0.25) is 0 Å². The molecule has 0 atom stereocenters. The van der Waals surface area contributed by atoms with Crippen molar-refractivity contribution in [1.82, 2.24) is 9.97 Å². The van der Waals surface area contributed by atoms with Crippen molar-refractivity contribution >= 4 is 10.9 Å². The van der Waals surface area contributed by atoms with Gasteiger partial charge in [-0.15, -0.1) is 0 Å². The molecule has 26 heavy (non-hydrogen) atoms. The highest BCUT2D eigenvalue weighted by Crippen LogP contribution is 2.34. The molecular weight excluding hydrogens is 330 g/mol. The lowest BCUT2D eigenvalue weighted by Gasteiger charge is -2.11. The van der Waals surface area contributed by atoms with E-state index in [9.17, 15) is 0 Å². The summed E-state index contributed by atoms with van der Waals surface area (Å²) in [5.41, 5.74) is 2.25. The Bertz CT molecular complexity index is 920. The van der Waals surface area contributed by atoms with Crippen LogP contribution in [0.3, 0.4) is 0 Å². The number of rotatable bonds is 5. The molecule has 0 aliphatic heterocycles. The van der Waals surface area contributed by atoms with E-state index in [0.29, 0.717) is 23.1 Å². The largest absolute Gasteiger partial charge is 0.493 e. The third kappa shape index (κ3) is 4.01. The number of aromatic nitrogens is 2. The first-order valence-electron chi connectivity index (χ1n) is 8.24. The SMILES string of the molecule is CC.COc1ccc(-c2cc3ncccc3c(OCC#N)n2)cc1OC. The second kappa shape index (κ2) is 9.23. The van der Waals surface area contributed by atoms with Gasteiger partial charge in [0.05, 0.1) is 30.8 Å². The van der Waals surface area contributed by atoms with E-state index in [1.807, 2.05) is 50.2 Å². The Morgan fingerprint density at radius 3 is 2.50 bits per heavy atom. The Kier molecular flexibility index (Phi) is 6.75. The molecule has 3 rings (SSSR count). The molecule has 0 aliphatic carbocycles. The molecule has 0 spiro atoms. The highest BCUT2D eigenvalue weighted by atomic mass is 16.5. The smallest absolute Gasteiger partial charge is 0.224 e. The number of hydrogen-bond acceptors (Lipinski definition) is 6. The Balaban J connectivity index is 0.00000117. The molecule has 6 heteroatoms. The standard InChI is InChI=1S/C18H15N3O3.C2H6/c1-22-16-6-5-12(10-17(16)23-2)14-11-15-13(4-3-8-20-15)18(21-14)24-9-7-19;1-2/h3-6,8,10-11H,9H2,1-2H3;1-2H3. The number of benzene rings is 1. The fourth-order valence-corrected chi connectivity index (χ4v) is 2.40. The van der Waals surface area contributed by atoms with Crippen LogP contribution in [0.5, 0.6) is 17.4 Å². The van der Waals surface area contributed by atoms with E-state index in [0.717, 1.165) is 16.5 Å². The fourth-order valence-electron chi connectivity index (χ4n) is 2.40. The van der Waals surface area contributed by atoms with Crippen molar-refractivity contribution in [3.63, 3.8) is 0 Å². The predicted molar refractivity (Wildman–Crippen MR) is 101 cm³/mol. The maximum absolute atomic E-state index is 8.76. The summed E-state index contributed by atoms with van der Waals surface area (Å²) >= 11 is 0. The Labute approximate surface area is 153 Å². The summed E-state index contributed by atoms with van der Waals surface area (Å²) in [6.45, 7) is 3.92. The van der Waals surface area contributed by atoms with E-state index in [1.54, 1.807) is 26.5 Å². The molecule has 0 fully saturated rings. The van der Waals surface area contributed by atoms with Crippen molar-refractivity contribution in [2.75, 3.05) is 20.8 Å². The zero-order chi connectivity index (χ0) is 18.9. The van der Waals surface area contributed by atoms with Gasteiger partial charge in [-0.3, -0.25) is 4.98 Å². The van der Waals surface area contributed by atoms with Gasteiger partial charge in [-0.25, -0.2) is 4.98 Å². The molecule has 0 N–H and O–H groups in total. The maximum atomic E-state index is 8.76. The van der Waals surface area contributed by atoms with Gasteiger partial charge < -0.3 is 14.2 Å². The minimum atomic E-state index is -0.0770. The average molecular weight is 351 g/mol. The molecule has 134 valence electrons. The van der Waals surface area contributed by atoms with E-state index in [2.05, 4.69) is 9.97 Å². The van der Waals surface area contributed by atoms with Crippen LogP contribution >= 0.6 is 0 Å². The lowest BCUT2D eigenvalue weighted by Crippen LogP contribution is -1.99. The van der Waals surface area contributed by atoms with Gasteiger partial charge in [0, 0.05) is 11.8 Å². The van der Waals surface area contributed by atoms with Gasteiger partial charge in [0.1, 0.15) is 6.07 Å². The Morgan fingerprint density at radius 2 is 1.81 bits per heavy atom. The maximum Gasteiger partial charge on any atom is 0.224 e. The Morgan fingerprint density at radius 1 is 1.04 bits per heavy atom. The van der Waals surface area contributed by atoms with Gasteiger partial charge in [0.15, 0.2) is 18.1 Å². The van der Waals surface area contributed by atoms with Crippen molar-refractivity contribution in [1.29, 1.82) is 5.26 Å². The number of methoxy groups -OCH3 is 2. The molecule has 2 heterocycles. The van der Waals surface area contributed by atoms with Crippen LogP contribution < -0.4 is 14.2 Å². The van der Waals surface area contributed by atoms with Gasteiger partial charge in [0.25, 0.3) is 0 Å². The summed E-state index contributed by atoms with van der Waals surface area (Å²) in [4.78, 5) is 8.88. The normalized spacial score (nSPS) is 9.65. The van der Waals surface area contributed by atoms with Crippen LogP contribution in [-0.2, 0) is 0 Å². The topological polar surface area (TPSA) is 77.3 Å². The molecule has 0 unspecified atom stereocenters. The summed E-state index contributed by atoms with van der Waals surface area (Å²) in [5, 5.41) is 9.52.